The Morgan fingerprint density at radius 2 is 1.67 bits per heavy atom. The molecule has 106 valence electrons. The molecular weight excluding hydrogens is 278 g/mol. The molecule has 1 nitrogen and oxygen atoms in total. The Labute approximate surface area is 130 Å². The minimum Gasteiger partial charge on any atom is -0.253 e. The van der Waals surface area contributed by atoms with Gasteiger partial charge in [0.15, 0.2) is 0 Å². The predicted molar refractivity (Wildman–Crippen MR) is 90.2 cm³/mol. The topological polar surface area (TPSA) is 12.9 Å². The zero-order valence-corrected chi connectivity index (χ0v) is 13.3. The number of aromatic nitrogens is 1. The van der Waals surface area contributed by atoms with Gasteiger partial charge in [-0.1, -0.05) is 35.9 Å². The molecule has 1 heterocycles. The summed E-state index contributed by atoms with van der Waals surface area (Å²) in [6.45, 7) is 6.39. The quantitative estimate of drug-likeness (QED) is 0.616. The van der Waals surface area contributed by atoms with Crippen LogP contribution in [0.1, 0.15) is 27.9 Å². The largest absolute Gasteiger partial charge is 0.253 e. The van der Waals surface area contributed by atoms with E-state index >= 15 is 0 Å². The van der Waals surface area contributed by atoms with E-state index in [0.29, 0.717) is 0 Å². The zero-order valence-electron chi connectivity index (χ0n) is 12.6. The zero-order chi connectivity index (χ0) is 15.0. The van der Waals surface area contributed by atoms with E-state index in [2.05, 4.69) is 51.1 Å². The summed E-state index contributed by atoms with van der Waals surface area (Å²) in [4.78, 5) is 4.78. The minimum absolute atomic E-state index is 0.777. The Morgan fingerprint density at radius 3 is 2.38 bits per heavy atom. The molecule has 0 bridgehead atoms. The SMILES string of the molecule is Cc1ccc2c(C)c(Cc3ccc(Cl)cc3)c(C)nc2c1. The first-order chi connectivity index (χ1) is 10.0. The third kappa shape index (κ3) is 2.79. The average molecular weight is 296 g/mol. The highest BCUT2D eigenvalue weighted by Gasteiger charge is 2.10. The lowest BCUT2D eigenvalue weighted by Crippen LogP contribution is -2.00. The molecule has 0 atom stereocenters. The Kier molecular flexibility index (Phi) is 3.69. The first-order valence-electron chi connectivity index (χ1n) is 7.15. The number of pyridine rings is 1. The minimum atomic E-state index is 0.777. The molecule has 0 amide bonds. The van der Waals surface area contributed by atoms with Crippen molar-refractivity contribution in [2.45, 2.75) is 27.2 Å². The van der Waals surface area contributed by atoms with Crippen molar-refractivity contribution in [3.63, 3.8) is 0 Å². The molecule has 0 unspecified atom stereocenters. The van der Waals surface area contributed by atoms with Gasteiger partial charge in [0.05, 0.1) is 5.52 Å². The highest BCUT2D eigenvalue weighted by atomic mass is 35.5. The second-order valence-electron chi connectivity index (χ2n) is 5.62. The maximum Gasteiger partial charge on any atom is 0.0710 e. The van der Waals surface area contributed by atoms with Gasteiger partial charge in [0.1, 0.15) is 0 Å². The highest BCUT2D eigenvalue weighted by molar-refractivity contribution is 6.30. The summed E-state index contributed by atoms with van der Waals surface area (Å²) >= 11 is 5.96. The predicted octanol–water partition coefficient (Wildman–Crippen LogP) is 5.40. The Morgan fingerprint density at radius 1 is 0.952 bits per heavy atom. The van der Waals surface area contributed by atoms with Crippen molar-refractivity contribution in [3.8, 4) is 0 Å². The van der Waals surface area contributed by atoms with Crippen LogP contribution in [0.5, 0.6) is 0 Å². The number of hydrogen-bond acceptors (Lipinski definition) is 1. The molecular formula is C19H18ClN. The van der Waals surface area contributed by atoms with Gasteiger partial charge >= 0.3 is 0 Å². The molecule has 0 aliphatic carbocycles. The fourth-order valence-electron chi connectivity index (χ4n) is 2.80. The van der Waals surface area contributed by atoms with Crippen LogP contribution in [0.3, 0.4) is 0 Å². The van der Waals surface area contributed by atoms with Gasteiger partial charge in [0.25, 0.3) is 0 Å². The normalized spacial score (nSPS) is 11.0. The lowest BCUT2D eigenvalue weighted by Gasteiger charge is -2.13. The summed E-state index contributed by atoms with van der Waals surface area (Å²) in [6, 6.07) is 14.5. The van der Waals surface area contributed by atoms with Gasteiger partial charge in [-0.05, 0) is 67.6 Å². The fraction of sp³-hybridized carbons (Fsp3) is 0.211. The highest BCUT2D eigenvalue weighted by Crippen LogP contribution is 2.26. The molecule has 3 aromatic rings. The molecule has 2 heteroatoms. The number of aryl methyl sites for hydroxylation is 3. The van der Waals surface area contributed by atoms with E-state index in [-0.39, 0.29) is 0 Å². The lowest BCUT2D eigenvalue weighted by molar-refractivity contribution is 1.08. The fourth-order valence-corrected chi connectivity index (χ4v) is 2.93. The summed E-state index contributed by atoms with van der Waals surface area (Å²) in [6.07, 6.45) is 0.894. The number of benzene rings is 2. The Bertz CT molecular complexity index is 804. The van der Waals surface area contributed by atoms with Crippen LogP contribution >= 0.6 is 11.6 Å². The van der Waals surface area contributed by atoms with Gasteiger partial charge in [-0.15, -0.1) is 0 Å². The molecule has 21 heavy (non-hydrogen) atoms. The van der Waals surface area contributed by atoms with Crippen LogP contribution in [0.15, 0.2) is 42.5 Å². The van der Waals surface area contributed by atoms with Gasteiger partial charge in [-0.25, -0.2) is 0 Å². The van der Waals surface area contributed by atoms with Crippen molar-refractivity contribution in [2.24, 2.45) is 0 Å². The summed E-state index contributed by atoms with van der Waals surface area (Å²) in [7, 11) is 0. The number of rotatable bonds is 2. The van der Waals surface area contributed by atoms with E-state index in [9.17, 15) is 0 Å². The molecule has 0 N–H and O–H groups in total. The van der Waals surface area contributed by atoms with Crippen molar-refractivity contribution in [1.82, 2.24) is 4.98 Å². The maximum atomic E-state index is 5.96. The molecule has 0 aliphatic heterocycles. The van der Waals surface area contributed by atoms with Gasteiger partial charge in [0.2, 0.25) is 0 Å². The molecule has 2 aromatic carbocycles. The van der Waals surface area contributed by atoms with Gasteiger partial charge in [-0.2, -0.15) is 0 Å². The Hall–Kier alpha value is -1.86. The maximum absolute atomic E-state index is 5.96. The van der Waals surface area contributed by atoms with Crippen molar-refractivity contribution < 1.29 is 0 Å². The summed E-state index contributed by atoms with van der Waals surface area (Å²) in [5.74, 6) is 0. The number of nitrogens with zero attached hydrogens (tertiary/aromatic N) is 1. The number of hydrogen-bond donors (Lipinski definition) is 0. The monoisotopic (exact) mass is 295 g/mol. The smallest absolute Gasteiger partial charge is 0.0710 e. The summed E-state index contributed by atoms with van der Waals surface area (Å²) < 4.78 is 0. The Balaban J connectivity index is 2.10. The molecule has 0 spiro atoms. The van der Waals surface area contributed by atoms with Gasteiger partial charge < -0.3 is 0 Å². The first kappa shape index (κ1) is 14.1. The van der Waals surface area contributed by atoms with Crippen LogP contribution in [0.2, 0.25) is 5.02 Å². The van der Waals surface area contributed by atoms with E-state index in [1.165, 1.54) is 27.6 Å². The van der Waals surface area contributed by atoms with Crippen LogP contribution < -0.4 is 0 Å². The van der Waals surface area contributed by atoms with E-state index in [4.69, 9.17) is 16.6 Å². The third-order valence-electron chi connectivity index (χ3n) is 4.03. The van der Waals surface area contributed by atoms with Gasteiger partial charge in [-0.3, -0.25) is 4.98 Å². The first-order valence-corrected chi connectivity index (χ1v) is 7.53. The second kappa shape index (κ2) is 5.50. The van der Waals surface area contributed by atoms with Crippen molar-refractivity contribution in [2.75, 3.05) is 0 Å². The average Bonchev–Trinajstić information content (AvgIpc) is 2.45. The van der Waals surface area contributed by atoms with Crippen LogP contribution in [0, 0.1) is 20.8 Å². The van der Waals surface area contributed by atoms with E-state index in [1.807, 2.05) is 12.1 Å². The second-order valence-corrected chi connectivity index (χ2v) is 6.06. The van der Waals surface area contributed by atoms with Crippen LogP contribution in [-0.4, -0.2) is 4.98 Å². The van der Waals surface area contributed by atoms with E-state index in [0.717, 1.165) is 22.7 Å². The molecule has 0 saturated heterocycles. The third-order valence-corrected chi connectivity index (χ3v) is 4.28. The number of halogens is 1. The molecule has 0 aliphatic rings. The lowest BCUT2D eigenvalue weighted by atomic mass is 9.96. The van der Waals surface area contributed by atoms with Crippen molar-refractivity contribution in [3.05, 3.63) is 75.4 Å². The van der Waals surface area contributed by atoms with Crippen molar-refractivity contribution >= 4 is 22.5 Å². The molecule has 0 radical (unpaired) electrons. The van der Waals surface area contributed by atoms with Crippen molar-refractivity contribution in [1.29, 1.82) is 0 Å². The summed E-state index contributed by atoms with van der Waals surface area (Å²) in [5, 5.41) is 2.02. The molecule has 1 aromatic heterocycles. The summed E-state index contributed by atoms with van der Waals surface area (Å²) in [5.41, 5.74) is 7.35. The standard InChI is InChI=1S/C19H18ClN/c1-12-4-9-17-13(2)18(14(3)21-19(17)10-12)11-15-5-7-16(20)8-6-15/h4-10H,11H2,1-3H3. The molecule has 0 saturated carbocycles. The van der Waals surface area contributed by atoms with E-state index in [1.54, 1.807) is 0 Å². The molecule has 0 fully saturated rings. The van der Waals surface area contributed by atoms with Crippen LogP contribution in [0.4, 0.5) is 0 Å². The van der Waals surface area contributed by atoms with E-state index < -0.39 is 0 Å². The van der Waals surface area contributed by atoms with Gasteiger partial charge in [0, 0.05) is 16.1 Å². The van der Waals surface area contributed by atoms with Crippen LogP contribution in [-0.2, 0) is 6.42 Å². The molecule has 3 rings (SSSR count). The number of fused-ring (bicyclic) bond motifs is 1. The van der Waals surface area contributed by atoms with Crippen LogP contribution in [0.25, 0.3) is 10.9 Å².